The number of rotatable bonds is 8. The molecule has 0 unspecified atom stereocenters. The van der Waals surface area contributed by atoms with Crippen LogP contribution in [0.3, 0.4) is 0 Å². The lowest BCUT2D eigenvalue weighted by atomic mass is 10.1. The highest BCUT2D eigenvalue weighted by molar-refractivity contribution is 5.73. The lowest BCUT2D eigenvalue weighted by Crippen LogP contribution is -2.40. The SMILES string of the molecule is CC(C)OCCCNC(=O)NCC1(CO)CC1. The van der Waals surface area contributed by atoms with Crippen LogP contribution in [0.2, 0.25) is 0 Å². The largest absolute Gasteiger partial charge is 0.396 e. The highest BCUT2D eigenvalue weighted by atomic mass is 16.5. The Bertz CT molecular complexity index is 240. The van der Waals surface area contributed by atoms with Gasteiger partial charge in [0.1, 0.15) is 0 Å². The minimum absolute atomic E-state index is 0.0297. The maximum Gasteiger partial charge on any atom is 0.314 e. The predicted octanol–water partition coefficient (Wildman–Crippen LogP) is 0.873. The van der Waals surface area contributed by atoms with Gasteiger partial charge >= 0.3 is 6.03 Å². The summed E-state index contributed by atoms with van der Waals surface area (Å²) in [5.41, 5.74) is -0.0297. The van der Waals surface area contributed by atoms with Gasteiger partial charge < -0.3 is 20.5 Å². The third-order valence-electron chi connectivity index (χ3n) is 2.97. The minimum atomic E-state index is -0.158. The van der Waals surface area contributed by atoms with Gasteiger partial charge in [-0.3, -0.25) is 0 Å². The van der Waals surface area contributed by atoms with Gasteiger partial charge in [-0.05, 0) is 33.1 Å². The average Bonchev–Trinajstić information content (AvgIpc) is 3.06. The number of urea groups is 1. The molecular weight excluding hydrogens is 220 g/mol. The van der Waals surface area contributed by atoms with E-state index in [1.54, 1.807) is 0 Å². The van der Waals surface area contributed by atoms with E-state index in [9.17, 15) is 4.79 Å². The molecule has 0 saturated heterocycles. The molecular formula is C12H24N2O3. The van der Waals surface area contributed by atoms with Gasteiger partial charge in [-0.2, -0.15) is 0 Å². The summed E-state index contributed by atoms with van der Waals surface area (Å²) in [6.45, 7) is 5.99. The normalized spacial score (nSPS) is 16.9. The van der Waals surface area contributed by atoms with Gasteiger partial charge in [0.2, 0.25) is 0 Å². The fraction of sp³-hybridized carbons (Fsp3) is 0.917. The number of amides is 2. The molecule has 0 aromatic heterocycles. The van der Waals surface area contributed by atoms with Crippen molar-refractivity contribution in [2.24, 2.45) is 5.41 Å². The van der Waals surface area contributed by atoms with Crippen LogP contribution in [0.1, 0.15) is 33.1 Å². The molecule has 17 heavy (non-hydrogen) atoms. The molecule has 5 heteroatoms. The second-order valence-electron chi connectivity index (χ2n) is 5.04. The van der Waals surface area contributed by atoms with Crippen molar-refractivity contribution in [1.82, 2.24) is 10.6 Å². The molecule has 5 nitrogen and oxygen atoms in total. The van der Waals surface area contributed by atoms with Gasteiger partial charge in [0.25, 0.3) is 0 Å². The second kappa shape index (κ2) is 6.81. The number of nitrogens with one attached hydrogen (secondary N) is 2. The van der Waals surface area contributed by atoms with Gasteiger partial charge in [0, 0.05) is 25.1 Å². The van der Waals surface area contributed by atoms with Crippen molar-refractivity contribution in [3.63, 3.8) is 0 Å². The minimum Gasteiger partial charge on any atom is -0.396 e. The molecule has 1 fully saturated rings. The molecule has 0 aliphatic heterocycles. The molecule has 1 rings (SSSR count). The van der Waals surface area contributed by atoms with E-state index >= 15 is 0 Å². The Morgan fingerprint density at radius 2 is 2.12 bits per heavy atom. The first-order chi connectivity index (χ1) is 8.08. The van der Waals surface area contributed by atoms with Crippen LogP contribution in [-0.2, 0) is 4.74 Å². The summed E-state index contributed by atoms with van der Waals surface area (Å²) in [5, 5.41) is 14.6. The summed E-state index contributed by atoms with van der Waals surface area (Å²) in [5.74, 6) is 0. The van der Waals surface area contributed by atoms with Gasteiger partial charge in [-0.15, -0.1) is 0 Å². The monoisotopic (exact) mass is 244 g/mol. The van der Waals surface area contributed by atoms with Crippen LogP contribution in [0.4, 0.5) is 4.79 Å². The maximum atomic E-state index is 11.4. The number of hydrogen-bond acceptors (Lipinski definition) is 3. The smallest absolute Gasteiger partial charge is 0.314 e. The highest BCUT2D eigenvalue weighted by Crippen LogP contribution is 2.44. The maximum absolute atomic E-state index is 11.4. The third-order valence-corrected chi connectivity index (χ3v) is 2.97. The number of hydrogen-bond donors (Lipinski definition) is 3. The molecule has 1 aliphatic carbocycles. The van der Waals surface area contributed by atoms with Crippen LogP contribution in [0, 0.1) is 5.41 Å². The van der Waals surface area contributed by atoms with Crippen molar-refractivity contribution in [2.75, 3.05) is 26.3 Å². The lowest BCUT2D eigenvalue weighted by molar-refractivity contribution is 0.0774. The van der Waals surface area contributed by atoms with E-state index in [0.717, 1.165) is 19.3 Å². The Balaban J connectivity index is 1.94. The zero-order valence-electron chi connectivity index (χ0n) is 10.8. The first-order valence-electron chi connectivity index (χ1n) is 6.32. The fourth-order valence-corrected chi connectivity index (χ4v) is 1.49. The summed E-state index contributed by atoms with van der Waals surface area (Å²) in [6, 6.07) is -0.158. The molecule has 0 aromatic carbocycles. The summed E-state index contributed by atoms with van der Waals surface area (Å²) >= 11 is 0. The molecule has 1 aliphatic rings. The number of aliphatic hydroxyl groups excluding tert-OH is 1. The average molecular weight is 244 g/mol. The molecule has 0 heterocycles. The molecule has 100 valence electrons. The van der Waals surface area contributed by atoms with Gasteiger partial charge in [0.05, 0.1) is 12.7 Å². The lowest BCUT2D eigenvalue weighted by Gasteiger charge is -2.13. The van der Waals surface area contributed by atoms with Gasteiger partial charge in [-0.25, -0.2) is 4.79 Å². The summed E-state index contributed by atoms with van der Waals surface area (Å²) in [4.78, 5) is 11.4. The van der Waals surface area contributed by atoms with Crippen molar-refractivity contribution >= 4 is 6.03 Å². The Kier molecular flexibility index (Phi) is 5.71. The Morgan fingerprint density at radius 3 is 2.65 bits per heavy atom. The molecule has 0 bridgehead atoms. The summed E-state index contributed by atoms with van der Waals surface area (Å²) in [6.07, 6.45) is 3.07. The molecule has 0 radical (unpaired) electrons. The van der Waals surface area contributed by atoms with E-state index in [4.69, 9.17) is 9.84 Å². The van der Waals surface area contributed by atoms with Crippen molar-refractivity contribution < 1.29 is 14.6 Å². The topological polar surface area (TPSA) is 70.6 Å². The zero-order chi connectivity index (χ0) is 12.7. The van der Waals surface area contributed by atoms with Crippen LogP contribution in [0.25, 0.3) is 0 Å². The van der Waals surface area contributed by atoms with Crippen molar-refractivity contribution in [1.29, 1.82) is 0 Å². The first kappa shape index (κ1) is 14.3. The van der Waals surface area contributed by atoms with Crippen molar-refractivity contribution in [3.05, 3.63) is 0 Å². The van der Waals surface area contributed by atoms with E-state index in [0.29, 0.717) is 19.7 Å². The quantitative estimate of drug-likeness (QED) is 0.555. The van der Waals surface area contributed by atoms with Crippen LogP contribution < -0.4 is 10.6 Å². The van der Waals surface area contributed by atoms with E-state index < -0.39 is 0 Å². The molecule has 0 spiro atoms. The van der Waals surface area contributed by atoms with E-state index in [-0.39, 0.29) is 24.2 Å². The second-order valence-corrected chi connectivity index (χ2v) is 5.04. The Labute approximate surface area is 103 Å². The Morgan fingerprint density at radius 1 is 1.41 bits per heavy atom. The number of aliphatic hydroxyl groups is 1. The van der Waals surface area contributed by atoms with Crippen molar-refractivity contribution in [3.8, 4) is 0 Å². The van der Waals surface area contributed by atoms with Crippen molar-refractivity contribution in [2.45, 2.75) is 39.2 Å². The van der Waals surface area contributed by atoms with Crippen LogP contribution in [0.15, 0.2) is 0 Å². The van der Waals surface area contributed by atoms with Crippen LogP contribution >= 0.6 is 0 Å². The first-order valence-corrected chi connectivity index (χ1v) is 6.32. The summed E-state index contributed by atoms with van der Waals surface area (Å²) in [7, 11) is 0. The van der Waals surface area contributed by atoms with Crippen LogP contribution in [0.5, 0.6) is 0 Å². The standard InChI is InChI=1S/C12H24N2O3/c1-10(2)17-7-3-6-13-11(16)14-8-12(9-15)4-5-12/h10,15H,3-9H2,1-2H3,(H2,13,14,16). The predicted molar refractivity (Wildman–Crippen MR) is 65.9 cm³/mol. The molecule has 3 N–H and O–H groups in total. The highest BCUT2D eigenvalue weighted by Gasteiger charge is 2.41. The molecule has 2 amide bonds. The van der Waals surface area contributed by atoms with Crippen LogP contribution in [-0.4, -0.2) is 43.5 Å². The Hall–Kier alpha value is -0.810. The third kappa shape index (κ3) is 5.89. The fourth-order valence-electron chi connectivity index (χ4n) is 1.49. The molecule has 0 atom stereocenters. The summed E-state index contributed by atoms with van der Waals surface area (Å²) < 4.78 is 5.36. The van der Waals surface area contributed by atoms with E-state index in [2.05, 4.69) is 10.6 Å². The number of carbonyl (C=O) groups excluding carboxylic acids is 1. The molecule has 1 saturated carbocycles. The van der Waals surface area contributed by atoms with E-state index in [1.165, 1.54) is 0 Å². The van der Waals surface area contributed by atoms with E-state index in [1.807, 2.05) is 13.8 Å². The molecule has 0 aromatic rings. The number of carbonyl (C=O) groups is 1. The zero-order valence-corrected chi connectivity index (χ0v) is 10.8. The number of ether oxygens (including phenoxy) is 1. The van der Waals surface area contributed by atoms with Gasteiger partial charge in [-0.1, -0.05) is 0 Å². The van der Waals surface area contributed by atoms with Gasteiger partial charge in [0.15, 0.2) is 0 Å².